The minimum atomic E-state index is 0.281. The van der Waals surface area contributed by atoms with Gasteiger partial charge < -0.3 is 4.90 Å². The highest BCUT2D eigenvalue weighted by molar-refractivity contribution is 5.91. The van der Waals surface area contributed by atoms with E-state index in [1.807, 2.05) is 6.20 Å². The largest absolute Gasteiger partial charge is 0.370 e. The molecule has 2 rings (SSSR count). The SMILES string of the molecule is O=C1C=CN2CC2C1. The summed E-state index contributed by atoms with van der Waals surface area (Å²) >= 11 is 0. The van der Waals surface area contributed by atoms with Crippen LogP contribution in [0, 0.1) is 0 Å². The molecule has 0 aromatic carbocycles. The van der Waals surface area contributed by atoms with Crippen molar-refractivity contribution in [2.75, 3.05) is 6.54 Å². The van der Waals surface area contributed by atoms with E-state index >= 15 is 0 Å². The third-order valence-electron chi connectivity index (χ3n) is 1.65. The van der Waals surface area contributed by atoms with Gasteiger partial charge in [-0.25, -0.2) is 0 Å². The number of carbonyl (C=O) groups excluding carboxylic acids is 1. The van der Waals surface area contributed by atoms with Gasteiger partial charge in [0.2, 0.25) is 0 Å². The molecule has 1 atom stereocenters. The Hall–Kier alpha value is -0.790. The van der Waals surface area contributed by atoms with Crippen LogP contribution in [0.4, 0.5) is 0 Å². The molecule has 2 aliphatic rings. The second-order valence-electron chi connectivity index (χ2n) is 2.34. The number of carbonyl (C=O) groups is 1. The fourth-order valence-corrected chi connectivity index (χ4v) is 1.04. The molecule has 0 saturated carbocycles. The van der Waals surface area contributed by atoms with E-state index < -0.39 is 0 Å². The summed E-state index contributed by atoms with van der Waals surface area (Å²) in [7, 11) is 0. The van der Waals surface area contributed by atoms with Gasteiger partial charge in [-0.15, -0.1) is 0 Å². The Bertz CT molecular complexity index is 162. The molecule has 0 N–H and O–H groups in total. The molecule has 1 saturated heterocycles. The molecular weight excluding hydrogens is 102 g/mol. The van der Waals surface area contributed by atoms with E-state index in [1.165, 1.54) is 0 Å². The van der Waals surface area contributed by atoms with Gasteiger partial charge in [-0.3, -0.25) is 4.79 Å². The number of allylic oxidation sites excluding steroid dienone is 1. The van der Waals surface area contributed by atoms with Crippen molar-refractivity contribution in [1.82, 2.24) is 4.90 Å². The summed E-state index contributed by atoms with van der Waals surface area (Å²) in [5, 5.41) is 0. The molecule has 0 amide bonds. The molecule has 0 spiro atoms. The van der Waals surface area contributed by atoms with Gasteiger partial charge in [-0.2, -0.15) is 0 Å². The molecule has 1 unspecified atom stereocenters. The molecular formula is C6H7NO. The van der Waals surface area contributed by atoms with Crippen molar-refractivity contribution in [2.24, 2.45) is 0 Å². The summed E-state index contributed by atoms with van der Waals surface area (Å²) in [6.07, 6.45) is 4.29. The lowest BCUT2D eigenvalue weighted by Gasteiger charge is -2.00. The number of rotatable bonds is 0. The first-order valence-electron chi connectivity index (χ1n) is 2.83. The molecule has 0 aromatic rings. The van der Waals surface area contributed by atoms with Crippen LogP contribution < -0.4 is 0 Å². The number of nitrogens with zero attached hydrogens (tertiary/aromatic N) is 1. The minimum Gasteiger partial charge on any atom is -0.370 e. The van der Waals surface area contributed by atoms with E-state index in [9.17, 15) is 4.79 Å². The van der Waals surface area contributed by atoms with E-state index in [0.29, 0.717) is 6.04 Å². The van der Waals surface area contributed by atoms with E-state index in [1.54, 1.807) is 6.08 Å². The van der Waals surface area contributed by atoms with E-state index in [0.717, 1.165) is 13.0 Å². The van der Waals surface area contributed by atoms with Gasteiger partial charge in [0.15, 0.2) is 5.78 Å². The molecule has 0 radical (unpaired) electrons. The van der Waals surface area contributed by atoms with Gasteiger partial charge in [0.25, 0.3) is 0 Å². The lowest BCUT2D eigenvalue weighted by Crippen LogP contribution is -2.07. The number of hydrogen-bond donors (Lipinski definition) is 0. The fraction of sp³-hybridized carbons (Fsp3) is 0.500. The first kappa shape index (κ1) is 4.13. The summed E-state index contributed by atoms with van der Waals surface area (Å²) in [5.74, 6) is 0.281. The Balaban J connectivity index is 2.21. The highest BCUT2D eigenvalue weighted by atomic mass is 16.1. The fourth-order valence-electron chi connectivity index (χ4n) is 1.04. The molecule has 0 aromatic heterocycles. The van der Waals surface area contributed by atoms with Crippen LogP contribution >= 0.6 is 0 Å². The molecule has 1 fully saturated rings. The first-order valence-corrected chi connectivity index (χ1v) is 2.83. The summed E-state index contributed by atoms with van der Waals surface area (Å²) in [6.45, 7) is 1.10. The van der Waals surface area contributed by atoms with Crippen molar-refractivity contribution in [3.8, 4) is 0 Å². The normalized spacial score (nSPS) is 32.8. The monoisotopic (exact) mass is 109 g/mol. The molecule has 8 heavy (non-hydrogen) atoms. The van der Waals surface area contributed by atoms with Gasteiger partial charge in [0, 0.05) is 19.2 Å². The quantitative estimate of drug-likeness (QED) is 0.413. The van der Waals surface area contributed by atoms with Crippen LogP contribution in [0.5, 0.6) is 0 Å². The lowest BCUT2D eigenvalue weighted by atomic mass is 10.2. The predicted octanol–water partition coefficient (Wildman–Crippen LogP) is 0.157. The van der Waals surface area contributed by atoms with Gasteiger partial charge in [0.1, 0.15) is 0 Å². The number of fused-ring (bicyclic) bond motifs is 1. The second-order valence-corrected chi connectivity index (χ2v) is 2.34. The Morgan fingerprint density at radius 3 is 3.25 bits per heavy atom. The third kappa shape index (κ3) is 0.457. The Kier molecular flexibility index (Phi) is 0.583. The lowest BCUT2D eigenvalue weighted by molar-refractivity contribution is -0.115. The number of ketones is 1. The van der Waals surface area contributed by atoms with Crippen molar-refractivity contribution in [3.05, 3.63) is 12.3 Å². The topological polar surface area (TPSA) is 20.1 Å². The summed E-state index contributed by atoms with van der Waals surface area (Å²) < 4.78 is 0. The highest BCUT2D eigenvalue weighted by Crippen LogP contribution is 2.24. The van der Waals surface area contributed by atoms with E-state index in [2.05, 4.69) is 4.90 Å². The number of hydrogen-bond acceptors (Lipinski definition) is 2. The molecule has 2 nitrogen and oxygen atoms in total. The maximum absolute atomic E-state index is 10.6. The van der Waals surface area contributed by atoms with Crippen molar-refractivity contribution >= 4 is 5.78 Å². The first-order chi connectivity index (χ1) is 3.86. The van der Waals surface area contributed by atoms with Gasteiger partial charge in [-0.1, -0.05) is 0 Å². The van der Waals surface area contributed by atoms with Crippen molar-refractivity contribution in [2.45, 2.75) is 12.5 Å². The van der Waals surface area contributed by atoms with Crippen LogP contribution in [0.3, 0.4) is 0 Å². The van der Waals surface area contributed by atoms with E-state index in [4.69, 9.17) is 0 Å². The highest BCUT2D eigenvalue weighted by Gasteiger charge is 2.34. The Labute approximate surface area is 47.8 Å². The predicted molar refractivity (Wildman–Crippen MR) is 29.3 cm³/mol. The standard InChI is InChI=1S/C6H7NO/c8-6-1-2-7-4-5(7)3-6/h1-2,5H,3-4H2. The van der Waals surface area contributed by atoms with Crippen LogP contribution in [-0.4, -0.2) is 23.3 Å². The van der Waals surface area contributed by atoms with Gasteiger partial charge in [-0.05, 0) is 6.08 Å². The van der Waals surface area contributed by atoms with Crippen molar-refractivity contribution < 1.29 is 4.79 Å². The van der Waals surface area contributed by atoms with Crippen LogP contribution in [0.15, 0.2) is 12.3 Å². The van der Waals surface area contributed by atoms with Crippen molar-refractivity contribution in [1.29, 1.82) is 0 Å². The average Bonchev–Trinajstić information content (AvgIpc) is 2.43. The summed E-state index contributed by atoms with van der Waals surface area (Å²) in [4.78, 5) is 12.8. The summed E-state index contributed by atoms with van der Waals surface area (Å²) in [5.41, 5.74) is 0. The molecule has 2 aliphatic heterocycles. The second kappa shape index (κ2) is 1.13. The van der Waals surface area contributed by atoms with Crippen LogP contribution in [-0.2, 0) is 4.79 Å². The van der Waals surface area contributed by atoms with Gasteiger partial charge >= 0.3 is 0 Å². The van der Waals surface area contributed by atoms with Gasteiger partial charge in [0.05, 0.1) is 6.04 Å². The molecule has 0 aliphatic carbocycles. The maximum atomic E-state index is 10.6. The van der Waals surface area contributed by atoms with Crippen LogP contribution in [0.2, 0.25) is 0 Å². The molecule has 0 bridgehead atoms. The third-order valence-corrected chi connectivity index (χ3v) is 1.65. The maximum Gasteiger partial charge on any atom is 0.159 e. The minimum absolute atomic E-state index is 0.281. The Morgan fingerprint density at radius 1 is 1.75 bits per heavy atom. The van der Waals surface area contributed by atoms with E-state index in [-0.39, 0.29) is 5.78 Å². The Morgan fingerprint density at radius 2 is 2.62 bits per heavy atom. The zero-order chi connectivity index (χ0) is 5.56. The molecule has 2 heteroatoms. The van der Waals surface area contributed by atoms with Crippen LogP contribution in [0.1, 0.15) is 6.42 Å². The molecule has 42 valence electrons. The van der Waals surface area contributed by atoms with Crippen LogP contribution in [0.25, 0.3) is 0 Å². The smallest absolute Gasteiger partial charge is 0.159 e. The summed E-state index contributed by atoms with van der Waals surface area (Å²) in [6, 6.07) is 0.576. The zero-order valence-electron chi connectivity index (χ0n) is 4.50. The zero-order valence-corrected chi connectivity index (χ0v) is 4.50. The average molecular weight is 109 g/mol. The molecule has 2 heterocycles. The van der Waals surface area contributed by atoms with Crippen molar-refractivity contribution in [3.63, 3.8) is 0 Å².